The summed E-state index contributed by atoms with van der Waals surface area (Å²) in [6.07, 6.45) is 0.592. The molecule has 0 amide bonds. The van der Waals surface area contributed by atoms with Crippen molar-refractivity contribution >= 4 is 12.2 Å². The molecular weight excluding hydrogens is 288 g/mol. The first-order chi connectivity index (χ1) is 10.2. The van der Waals surface area contributed by atoms with Gasteiger partial charge >= 0.3 is 0 Å². The largest absolute Gasteiger partial charge is 0.394 e. The monoisotopic (exact) mass is 306 g/mol. The Kier molecular flexibility index (Phi) is 5.44. The van der Waals surface area contributed by atoms with E-state index >= 15 is 0 Å². The lowest BCUT2D eigenvalue weighted by atomic mass is 10.1. The van der Waals surface area contributed by atoms with Crippen LogP contribution in [-0.2, 0) is 17.9 Å². The van der Waals surface area contributed by atoms with Crippen LogP contribution in [0.25, 0.3) is 11.3 Å². The van der Waals surface area contributed by atoms with Crippen LogP contribution >= 0.6 is 12.2 Å². The van der Waals surface area contributed by atoms with Crippen molar-refractivity contribution in [2.75, 3.05) is 13.2 Å². The molecule has 5 nitrogen and oxygen atoms in total. The summed E-state index contributed by atoms with van der Waals surface area (Å²) in [4.78, 5) is 14.8. The Labute approximate surface area is 127 Å². The zero-order valence-corrected chi connectivity index (χ0v) is 12.7. The van der Waals surface area contributed by atoms with E-state index in [1.165, 1.54) is 0 Å². The molecule has 6 heteroatoms. The maximum Gasteiger partial charge on any atom is 0.255 e. The first-order valence-corrected chi connectivity index (χ1v) is 7.19. The van der Waals surface area contributed by atoms with Gasteiger partial charge in [-0.05, 0) is 24.2 Å². The lowest BCUT2D eigenvalue weighted by Crippen LogP contribution is -2.22. The summed E-state index contributed by atoms with van der Waals surface area (Å²) >= 11 is 5.25. The van der Waals surface area contributed by atoms with Gasteiger partial charge < -0.3 is 9.84 Å². The maximum atomic E-state index is 12.1. The fraction of sp³-hybridized carbons (Fsp3) is 0.333. The molecule has 0 radical (unpaired) electrons. The van der Waals surface area contributed by atoms with Crippen LogP contribution in [0.15, 0.2) is 35.1 Å². The summed E-state index contributed by atoms with van der Waals surface area (Å²) in [7, 11) is 0. The molecule has 2 rings (SSSR count). The summed E-state index contributed by atoms with van der Waals surface area (Å²) < 4.78 is 7.44. The highest BCUT2D eigenvalue weighted by Gasteiger charge is 2.13. The molecule has 1 aromatic carbocycles. The molecule has 1 heterocycles. The molecule has 0 aliphatic rings. The van der Waals surface area contributed by atoms with Crippen LogP contribution in [0.1, 0.15) is 12.5 Å². The first kappa shape index (κ1) is 15.6. The minimum absolute atomic E-state index is 0.0576. The fourth-order valence-electron chi connectivity index (χ4n) is 2.21. The Bertz CT molecular complexity index is 707. The number of rotatable bonds is 6. The van der Waals surface area contributed by atoms with Crippen molar-refractivity contribution < 1.29 is 9.84 Å². The Hall–Kier alpha value is -1.76. The van der Waals surface area contributed by atoms with Gasteiger partial charge in [-0.3, -0.25) is 14.3 Å². The van der Waals surface area contributed by atoms with Crippen molar-refractivity contribution in [3.05, 3.63) is 51.0 Å². The number of hydrogen-bond acceptors (Lipinski definition) is 4. The zero-order valence-electron chi connectivity index (χ0n) is 11.8. The quantitative estimate of drug-likeness (QED) is 0.633. The molecule has 1 aromatic heterocycles. The second kappa shape index (κ2) is 7.31. The molecule has 0 saturated carbocycles. The van der Waals surface area contributed by atoms with Gasteiger partial charge in [-0.25, -0.2) is 0 Å². The van der Waals surface area contributed by atoms with Gasteiger partial charge in [0.05, 0.1) is 18.9 Å². The molecule has 112 valence electrons. The van der Waals surface area contributed by atoms with Crippen LogP contribution in [-0.4, -0.2) is 27.9 Å². The van der Waals surface area contributed by atoms with Gasteiger partial charge in [0.25, 0.3) is 5.56 Å². The van der Waals surface area contributed by atoms with Crippen LogP contribution in [0.5, 0.6) is 0 Å². The lowest BCUT2D eigenvalue weighted by molar-refractivity contribution is 0.0474. The van der Waals surface area contributed by atoms with Crippen LogP contribution < -0.4 is 5.56 Å². The summed E-state index contributed by atoms with van der Waals surface area (Å²) in [6, 6.07) is 9.62. The number of aromatic nitrogens is 2. The molecule has 0 aliphatic heterocycles. The molecule has 0 spiro atoms. The van der Waals surface area contributed by atoms with Crippen molar-refractivity contribution in [2.24, 2.45) is 0 Å². The van der Waals surface area contributed by atoms with Crippen molar-refractivity contribution in [1.82, 2.24) is 9.55 Å². The topological polar surface area (TPSA) is 67.2 Å². The van der Waals surface area contributed by atoms with Crippen molar-refractivity contribution in [3.8, 4) is 11.3 Å². The maximum absolute atomic E-state index is 12.1. The average Bonchev–Trinajstić information content (AvgIpc) is 2.50. The minimum atomic E-state index is -0.167. The normalized spacial score (nSPS) is 10.8. The van der Waals surface area contributed by atoms with E-state index in [0.29, 0.717) is 16.8 Å². The molecule has 0 saturated heterocycles. The number of hydrogen-bond donors (Lipinski definition) is 2. The van der Waals surface area contributed by atoms with E-state index in [4.69, 9.17) is 22.1 Å². The highest BCUT2D eigenvalue weighted by Crippen LogP contribution is 2.22. The summed E-state index contributed by atoms with van der Waals surface area (Å²) in [6.45, 7) is 2.28. The van der Waals surface area contributed by atoms with Gasteiger partial charge in [0, 0.05) is 5.56 Å². The molecule has 0 atom stereocenters. The van der Waals surface area contributed by atoms with Gasteiger partial charge in [-0.1, -0.05) is 37.3 Å². The second-order valence-electron chi connectivity index (χ2n) is 4.50. The number of benzene rings is 1. The van der Waals surface area contributed by atoms with E-state index in [0.717, 1.165) is 11.3 Å². The van der Waals surface area contributed by atoms with Crippen LogP contribution in [0.2, 0.25) is 0 Å². The third kappa shape index (κ3) is 3.47. The summed E-state index contributed by atoms with van der Waals surface area (Å²) in [5, 5.41) is 8.83. The van der Waals surface area contributed by atoms with Gasteiger partial charge in [-0.2, -0.15) is 0 Å². The molecule has 0 fully saturated rings. The van der Waals surface area contributed by atoms with Crippen molar-refractivity contribution in [2.45, 2.75) is 20.1 Å². The highest BCUT2D eigenvalue weighted by molar-refractivity contribution is 7.71. The average molecular weight is 306 g/mol. The van der Waals surface area contributed by atoms with E-state index in [1.54, 1.807) is 4.57 Å². The molecule has 0 unspecified atom stereocenters. The molecule has 0 aliphatic carbocycles. The molecular formula is C15H18N2O3S. The van der Waals surface area contributed by atoms with E-state index < -0.39 is 0 Å². The molecule has 21 heavy (non-hydrogen) atoms. The number of H-pyrrole nitrogens is 1. The van der Waals surface area contributed by atoms with Gasteiger partial charge in [0.15, 0.2) is 4.77 Å². The van der Waals surface area contributed by atoms with Crippen LogP contribution in [0, 0.1) is 4.77 Å². The fourth-order valence-corrected chi connectivity index (χ4v) is 2.45. The first-order valence-electron chi connectivity index (χ1n) is 6.79. The minimum Gasteiger partial charge on any atom is -0.394 e. The summed E-state index contributed by atoms with van der Waals surface area (Å²) in [5.74, 6) is 0. The van der Waals surface area contributed by atoms with E-state index in [9.17, 15) is 4.79 Å². The van der Waals surface area contributed by atoms with Crippen LogP contribution in [0.3, 0.4) is 0 Å². The van der Waals surface area contributed by atoms with Gasteiger partial charge in [0.1, 0.15) is 6.73 Å². The predicted molar refractivity (Wildman–Crippen MR) is 83.7 cm³/mol. The highest BCUT2D eigenvalue weighted by atomic mass is 32.1. The van der Waals surface area contributed by atoms with Crippen molar-refractivity contribution in [3.63, 3.8) is 0 Å². The standard InChI is InChI=1S/C15H18N2O3S/c1-2-12-13(11-6-4-3-5-7-11)17(10-20-9-8-18)15(21)16-14(12)19/h3-7,18H,2,8-10H2,1H3,(H,16,19,21). The Morgan fingerprint density at radius 1 is 1.33 bits per heavy atom. The molecule has 2 aromatic rings. The zero-order chi connectivity index (χ0) is 15.2. The van der Waals surface area contributed by atoms with Crippen molar-refractivity contribution in [1.29, 1.82) is 0 Å². The Morgan fingerprint density at radius 2 is 2.05 bits per heavy atom. The Balaban J connectivity index is 2.62. The van der Waals surface area contributed by atoms with Gasteiger partial charge in [-0.15, -0.1) is 0 Å². The predicted octanol–water partition coefficient (Wildman–Crippen LogP) is 2.10. The number of nitrogens with one attached hydrogen (secondary N) is 1. The summed E-state index contributed by atoms with van der Waals surface area (Å²) in [5.41, 5.74) is 2.19. The third-order valence-corrected chi connectivity index (χ3v) is 3.47. The second-order valence-corrected chi connectivity index (χ2v) is 4.88. The smallest absolute Gasteiger partial charge is 0.255 e. The van der Waals surface area contributed by atoms with E-state index in [1.807, 2.05) is 37.3 Å². The number of aliphatic hydroxyl groups is 1. The SMILES string of the molecule is CCc1c(-c2ccccc2)n(COCCO)c(=S)[nH]c1=O. The van der Waals surface area contributed by atoms with Gasteiger partial charge in [0.2, 0.25) is 0 Å². The number of nitrogens with zero attached hydrogens (tertiary/aromatic N) is 1. The third-order valence-electron chi connectivity index (χ3n) is 3.15. The van der Waals surface area contributed by atoms with E-state index in [-0.39, 0.29) is 25.5 Å². The molecule has 2 N–H and O–H groups in total. The Morgan fingerprint density at radius 3 is 2.67 bits per heavy atom. The number of ether oxygens (including phenoxy) is 1. The number of aliphatic hydroxyl groups excluding tert-OH is 1. The van der Waals surface area contributed by atoms with E-state index in [2.05, 4.69) is 4.98 Å². The number of aromatic amines is 1. The lowest BCUT2D eigenvalue weighted by Gasteiger charge is -2.17. The molecule has 0 bridgehead atoms. The van der Waals surface area contributed by atoms with Crippen LogP contribution in [0.4, 0.5) is 0 Å².